The molecule has 1 rings (SSSR count). The highest BCUT2D eigenvalue weighted by atomic mass is 16.5. The molecular formula is C9H19NO. The molecule has 1 unspecified atom stereocenters. The number of hydrogen-bond acceptors (Lipinski definition) is 2. The zero-order valence-corrected chi connectivity index (χ0v) is 7.38. The minimum absolute atomic E-state index is 0.668. The predicted molar refractivity (Wildman–Crippen MR) is 46.4 cm³/mol. The zero-order chi connectivity index (χ0) is 8.10. The molecule has 0 amide bonds. The van der Waals surface area contributed by atoms with Gasteiger partial charge in [0.15, 0.2) is 0 Å². The van der Waals surface area contributed by atoms with Crippen LogP contribution in [0.4, 0.5) is 0 Å². The highest BCUT2D eigenvalue weighted by Gasteiger charge is 2.15. The third-order valence-electron chi connectivity index (χ3n) is 2.39. The van der Waals surface area contributed by atoms with E-state index >= 15 is 0 Å². The first-order valence-electron chi connectivity index (χ1n) is 4.60. The van der Waals surface area contributed by atoms with Gasteiger partial charge in [-0.15, -0.1) is 0 Å². The summed E-state index contributed by atoms with van der Waals surface area (Å²) in [4.78, 5) is 0. The quantitative estimate of drug-likeness (QED) is 0.672. The summed E-state index contributed by atoms with van der Waals surface area (Å²) in [6.07, 6.45) is 3.82. The maximum absolute atomic E-state index is 5.55. The molecule has 0 aromatic rings. The average Bonchev–Trinajstić information content (AvgIpc) is 2.06. The normalized spacial score (nSPS) is 28.4. The molecule has 0 saturated carbocycles. The lowest BCUT2D eigenvalue weighted by atomic mass is 9.91. The second-order valence-corrected chi connectivity index (χ2v) is 3.66. The molecule has 0 radical (unpaired) electrons. The van der Waals surface area contributed by atoms with Crippen molar-refractivity contribution in [1.29, 1.82) is 0 Å². The molecule has 1 saturated heterocycles. The summed E-state index contributed by atoms with van der Waals surface area (Å²) in [6, 6.07) is 0. The van der Waals surface area contributed by atoms with Crippen LogP contribution in [0.2, 0.25) is 0 Å². The summed E-state index contributed by atoms with van der Waals surface area (Å²) in [6.45, 7) is 4.96. The largest absolute Gasteiger partial charge is 0.381 e. The van der Waals surface area contributed by atoms with Gasteiger partial charge in [-0.3, -0.25) is 0 Å². The Kier molecular flexibility index (Phi) is 3.87. The van der Waals surface area contributed by atoms with Crippen LogP contribution in [-0.4, -0.2) is 19.8 Å². The van der Waals surface area contributed by atoms with Gasteiger partial charge < -0.3 is 10.5 Å². The minimum atomic E-state index is 0.668. The fourth-order valence-electron chi connectivity index (χ4n) is 1.66. The van der Waals surface area contributed by atoms with Crippen LogP contribution in [0.25, 0.3) is 0 Å². The van der Waals surface area contributed by atoms with Gasteiger partial charge >= 0.3 is 0 Å². The Morgan fingerprint density at radius 2 is 2.45 bits per heavy atom. The second-order valence-electron chi connectivity index (χ2n) is 3.66. The predicted octanol–water partition coefficient (Wildman–Crippen LogP) is 1.40. The lowest BCUT2D eigenvalue weighted by Gasteiger charge is -2.24. The molecule has 1 aliphatic rings. The van der Waals surface area contributed by atoms with Crippen LogP contribution in [0.3, 0.4) is 0 Å². The van der Waals surface area contributed by atoms with Crippen LogP contribution >= 0.6 is 0 Å². The van der Waals surface area contributed by atoms with E-state index in [1.807, 2.05) is 0 Å². The standard InChI is InChI=1S/C9H19NO/c1-8(6-10)5-9-3-2-4-11-7-9/h8-9H,2-7,10H2,1H3/t8-,9?/m0/s1. The molecule has 0 aromatic heterocycles. The average molecular weight is 157 g/mol. The first-order valence-corrected chi connectivity index (χ1v) is 4.60. The molecular weight excluding hydrogens is 138 g/mol. The maximum atomic E-state index is 5.55. The van der Waals surface area contributed by atoms with Crippen molar-refractivity contribution in [3.05, 3.63) is 0 Å². The van der Waals surface area contributed by atoms with E-state index in [0.717, 1.165) is 25.7 Å². The van der Waals surface area contributed by atoms with E-state index in [2.05, 4.69) is 6.92 Å². The van der Waals surface area contributed by atoms with Crippen LogP contribution < -0.4 is 5.73 Å². The van der Waals surface area contributed by atoms with Crippen LogP contribution in [-0.2, 0) is 4.74 Å². The molecule has 11 heavy (non-hydrogen) atoms. The van der Waals surface area contributed by atoms with Gasteiger partial charge in [-0.25, -0.2) is 0 Å². The summed E-state index contributed by atoms with van der Waals surface area (Å²) in [7, 11) is 0. The molecule has 2 heteroatoms. The van der Waals surface area contributed by atoms with E-state index in [4.69, 9.17) is 10.5 Å². The summed E-state index contributed by atoms with van der Waals surface area (Å²) in [5.41, 5.74) is 5.55. The monoisotopic (exact) mass is 157 g/mol. The molecule has 0 spiro atoms. The number of hydrogen-bond donors (Lipinski definition) is 1. The van der Waals surface area contributed by atoms with Crippen molar-refractivity contribution in [3.63, 3.8) is 0 Å². The summed E-state index contributed by atoms with van der Waals surface area (Å²) in [5.74, 6) is 1.45. The number of ether oxygens (including phenoxy) is 1. The van der Waals surface area contributed by atoms with Crippen molar-refractivity contribution in [2.75, 3.05) is 19.8 Å². The van der Waals surface area contributed by atoms with Gasteiger partial charge in [0.25, 0.3) is 0 Å². The van der Waals surface area contributed by atoms with E-state index in [0.29, 0.717) is 5.92 Å². The summed E-state index contributed by atoms with van der Waals surface area (Å²) >= 11 is 0. The van der Waals surface area contributed by atoms with Crippen molar-refractivity contribution in [2.45, 2.75) is 26.2 Å². The molecule has 2 nitrogen and oxygen atoms in total. The first-order chi connectivity index (χ1) is 5.33. The van der Waals surface area contributed by atoms with Crippen LogP contribution in [0.5, 0.6) is 0 Å². The zero-order valence-electron chi connectivity index (χ0n) is 7.38. The third kappa shape index (κ3) is 3.21. The SMILES string of the molecule is C[C@H](CN)CC1CCCOC1. The van der Waals surface area contributed by atoms with Crippen LogP contribution in [0.15, 0.2) is 0 Å². The van der Waals surface area contributed by atoms with Gasteiger partial charge in [-0.05, 0) is 37.6 Å². The Balaban J connectivity index is 2.13. The smallest absolute Gasteiger partial charge is 0.0494 e. The Labute approximate surface area is 69.1 Å². The van der Waals surface area contributed by atoms with Gasteiger partial charge in [0.1, 0.15) is 0 Å². The first kappa shape index (κ1) is 9.01. The molecule has 2 atom stereocenters. The Morgan fingerprint density at radius 1 is 1.64 bits per heavy atom. The Morgan fingerprint density at radius 3 is 3.00 bits per heavy atom. The van der Waals surface area contributed by atoms with Gasteiger partial charge in [-0.2, -0.15) is 0 Å². The topological polar surface area (TPSA) is 35.2 Å². The van der Waals surface area contributed by atoms with E-state index in [1.54, 1.807) is 0 Å². The highest BCUT2D eigenvalue weighted by molar-refractivity contribution is 4.66. The molecule has 66 valence electrons. The van der Waals surface area contributed by atoms with Crippen molar-refractivity contribution in [1.82, 2.24) is 0 Å². The Bertz CT molecular complexity index is 99.7. The highest BCUT2D eigenvalue weighted by Crippen LogP contribution is 2.20. The van der Waals surface area contributed by atoms with Gasteiger partial charge in [-0.1, -0.05) is 6.92 Å². The van der Waals surface area contributed by atoms with E-state index in [9.17, 15) is 0 Å². The molecule has 1 heterocycles. The van der Waals surface area contributed by atoms with Crippen molar-refractivity contribution in [3.8, 4) is 0 Å². The van der Waals surface area contributed by atoms with Gasteiger partial charge in [0.05, 0.1) is 0 Å². The number of rotatable bonds is 3. The minimum Gasteiger partial charge on any atom is -0.381 e. The van der Waals surface area contributed by atoms with Crippen molar-refractivity contribution in [2.24, 2.45) is 17.6 Å². The molecule has 1 fully saturated rings. The van der Waals surface area contributed by atoms with E-state index < -0.39 is 0 Å². The van der Waals surface area contributed by atoms with Crippen LogP contribution in [0, 0.1) is 11.8 Å². The van der Waals surface area contributed by atoms with Gasteiger partial charge in [0.2, 0.25) is 0 Å². The third-order valence-corrected chi connectivity index (χ3v) is 2.39. The van der Waals surface area contributed by atoms with Crippen molar-refractivity contribution >= 4 is 0 Å². The molecule has 1 aliphatic heterocycles. The van der Waals surface area contributed by atoms with Crippen molar-refractivity contribution < 1.29 is 4.74 Å². The summed E-state index contributed by atoms with van der Waals surface area (Å²) in [5, 5.41) is 0. The molecule has 2 N–H and O–H groups in total. The maximum Gasteiger partial charge on any atom is 0.0494 e. The molecule has 0 aliphatic carbocycles. The lowest BCUT2D eigenvalue weighted by Crippen LogP contribution is -2.22. The molecule has 0 aromatic carbocycles. The Hall–Kier alpha value is -0.0800. The fraction of sp³-hybridized carbons (Fsp3) is 1.00. The summed E-state index contributed by atoms with van der Waals surface area (Å²) < 4.78 is 5.39. The number of nitrogens with two attached hydrogens (primary N) is 1. The van der Waals surface area contributed by atoms with E-state index in [-0.39, 0.29) is 0 Å². The molecule has 0 bridgehead atoms. The lowest BCUT2D eigenvalue weighted by molar-refractivity contribution is 0.0465. The van der Waals surface area contributed by atoms with E-state index in [1.165, 1.54) is 19.3 Å². The second kappa shape index (κ2) is 4.73. The van der Waals surface area contributed by atoms with Crippen LogP contribution in [0.1, 0.15) is 26.2 Å². The van der Waals surface area contributed by atoms with Gasteiger partial charge in [0, 0.05) is 13.2 Å². The fourth-order valence-corrected chi connectivity index (χ4v) is 1.66.